The summed E-state index contributed by atoms with van der Waals surface area (Å²) in [4.78, 5) is 27.5. The third-order valence-electron chi connectivity index (χ3n) is 4.65. The lowest BCUT2D eigenvalue weighted by Gasteiger charge is -2.23. The largest absolute Gasteiger partial charge is 0.422 e. The van der Waals surface area contributed by atoms with Gasteiger partial charge in [0.15, 0.2) is 0 Å². The topological polar surface area (TPSA) is 50.5 Å². The van der Waals surface area contributed by atoms with Gasteiger partial charge in [0.05, 0.1) is 6.54 Å². The molecule has 1 aromatic heterocycles. The maximum Gasteiger partial charge on any atom is 0.349 e. The Kier molecular flexibility index (Phi) is 4.77. The van der Waals surface area contributed by atoms with Crippen LogP contribution in [-0.4, -0.2) is 5.91 Å². The van der Waals surface area contributed by atoms with Gasteiger partial charge in [-0.1, -0.05) is 66.2 Å². The maximum atomic E-state index is 13.4. The Hall–Kier alpha value is -3.66. The number of aryl methyl sites for hydroxylation is 1. The van der Waals surface area contributed by atoms with Crippen LogP contribution in [0.1, 0.15) is 21.5 Å². The number of carbonyl (C=O) groups is 1. The number of carbonyl (C=O) groups excluding carboxylic acids is 1. The molecule has 0 N–H and O–H groups in total. The second kappa shape index (κ2) is 7.53. The molecule has 0 spiro atoms. The van der Waals surface area contributed by atoms with Crippen molar-refractivity contribution in [3.63, 3.8) is 0 Å². The van der Waals surface area contributed by atoms with Gasteiger partial charge >= 0.3 is 5.63 Å². The molecule has 28 heavy (non-hydrogen) atoms. The summed E-state index contributed by atoms with van der Waals surface area (Å²) in [5.41, 5.74) is 2.66. The molecule has 0 saturated heterocycles. The van der Waals surface area contributed by atoms with Crippen LogP contribution in [-0.2, 0) is 6.54 Å². The molecule has 0 aliphatic carbocycles. The molecular weight excluding hydrogens is 350 g/mol. The summed E-state index contributed by atoms with van der Waals surface area (Å²) in [5.74, 6) is -0.382. The van der Waals surface area contributed by atoms with Crippen molar-refractivity contribution >= 4 is 22.6 Å². The van der Waals surface area contributed by atoms with Gasteiger partial charge in [0.25, 0.3) is 5.91 Å². The summed E-state index contributed by atoms with van der Waals surface area (Å²) in [6.45, 7) is 2.35. The summed E-state index contributed by atoms with van der Waals surface area (Å²) in [6, 6.07) is 26.2. The molecule has 0 fully saturated rings. The molecule has 0 aliphatic rings. The fraction of sp³-hybridized carbons (Fsp3) is 0.0833. The van der Waals surface area contributed by atoms with Crippen LogP contribution in [0.25, 0.3) is 11.0 Å². The van der Waals surface area contributed by atoms with Gasteiger partial charge in [-0.2, -0.15) is 0 Å². The van der Waals surface area contributed by atoms with Crippen molar-refractivity contribution in [3.8, 4) is 0 Å². The highest BCUT2D eigenvalue weighted by Gasteiger charge is 2.22. The van der Waals surface area contributed by atoms with E-state index in [1.807, 2.05) is 73.7 Å². The Morgan fingerprint density at radius 1 is 0.893 bits per heavy atom. The third-order valence-corrected chi connectivity index (χ3v) is 4.65. The molecule has 1 amide bonds. The number of amides is 1. The van der Waals surface area contributed by atoms with Crippen molar-refractivity contribution in [2.24, 2.45) is 0 Å². The number of rotatable bonds is 4. The molecule has 4 rings (SSSR count). The van der Waals surface area contributed by atoms with E-state index >= 15 is 0 Å². The average Bonchev–Trinajstić information content (AvgIpc) is 2.72. The van der Waals surface area contributed by atoms with Crippen LogP contribution in [0, 0.1) is 6.92 Å². The quantitative estimate of drug-likeness (QED) is 0.478. The summed E-state index contributed by atoms with van der Waals surface area (Å²) in [7, 11) is 0. The van der Waals surface area contributed by atoms with Gasteiger partial charge in [0, 0.05) is 11.1 Å². The van der Waals surface area contributed by atoms with Crippen LogP contribution in [0.5, 0.6) is 0 Å². The van der Waals surface area contributed by atoms with E-state index in [1.165, 1.54) is 0 Å². The highest BCUT2D eigenvalue weighted by molar-refractivity contribution is 6.07. The number of fused-ring (bicyclic) bond motifs is 1. The zero-order valence-electron chi connectivity index (χ0n) is 15.5. The van der Waals surface area contributed by atoms with Crippen LogP contribution in [0.15, 0.2) is 94.1 Å². The molecule has 0 unspecified atom stereocenters. The van der Waals surface area contributed by atoms with Crippen LogP contribution >= 0.6 is 0 Å². The molecule has 0 aliphatic heterocycles. The highest BCUT2D eigenvalue weighted by Crippen LogP contribution is 2.21. The molecule has 4 heteroatoms. The monoisotopic (exact) mass is 369 g/mol. The van der Waals surface area contributed by atoms with Crippen LogP contribution in [0.4, 0.5) is 5.69 Å². The number of anilines is 1. The second-order valence-electron chi connectivity index (χ2n) is 6.70. The highest BCUT2D eigenvalue weighted by atomic mass is 16.4. The molecular formula is C24H19NO3. The van der Waals surface area contributed by atoms with E-state index < -0.39 is 5.63 Å². The first kappa shape index (κ1) is 17.7. The molecule has 3 aromatic carbocycles. The van der Waals surface area contributed by atoms with Gasteiger partial charge in [0.1, 0.15) is 11.1 Å². The fourth-order valence-electron chi connectivity index (χ4n) is 3.13. The van der Waals surface area contributed by atoms with Gasteiger partial charge in [-0.15, -0.1) is 0 Å². The smallest absolute Gasteiger partial charge is 0.349 e. The fourth-order valence-corrected chi connectivity index (χ4v) is 3.13. The van der Waals surface area contributed by atoms with E-state index in [9.17, 15) is 9.59 Å². The standard InChI is InChI=1S/C24H19NO3/c1-17-11-13-20(14-12-17)25(16-18-7-3-2-4-8-18)23(26)21-15-19-9-5-6-10-22(19)28-24(21)27/h2-15H,16H2,1H3. The predicted octanol–water partition coefficient (Wildman–Crippen LogP) is 4.95. The molecule has 0 radical (unpaired) electrons. The van der Waals surface area contributed by atoms with Gasteiger partial charge in [-0.05, 0) is 36.8 Å². The minimum atomic E-state index is -0.631. The van der Waals surface area contributed by atoms with Gasteiger partial charge < -0.3 is 9.32 Å². The van der Waals surface area contributed by atoms with Crippen molar-refractivity contribution in [2.45, 2.75) is 13.5 Å². The molecule has 138 valence electrons. The summed E-state index contributed by atoms with van der Waals surface area (Å²) < 4.78 is 5.37. The third kappa shape index (κ3) is 3.58. The van der Waals surface area contributed by atoms with Crippen molar-refractivity contribution in [1.82, 2.24) is 0 Å². The van der Waals surface area contributed by atoms with Gasteiger partial charge in [-0.3, -0.25) is 4.79 Å². The Bertz CT molecular complexity index is 1180. The summed E-state index contributed by atoms with van der Waals surface area (Å²) in [6.07, 6.45) is 0. The van der Waals surface area contributed by atoms with Crippen LogP contribution < -0.4 is 10.5 Å². The molecule has 0 bridgehead atoms. The van der Waals surface area contributed by atoms with E-state index in [1.54, 1.807) is 23.1 Å². The van der Waals surface area contributed by atoms with Crippen LogP contribution in [0.3, 0.4) is 0 Å². The number of hydrogen-bond acceptors (Lipinski definition) is 3. The zero-order valence-corrected chi connectivity index (χ0v) is 15.5. The Balaban J connectivity index is 1.79. The van der Waals surface area contributed by atoms with Crippen molar-refractivity contribution in [2.75, 3.05) is 4.90 Å². The number of nitrogens with zero attached hydrogens (tertiary/aromatic N) is 1. The van der Waals surface area contributed by atoms with E-state index in [4.69, 9.17) is 4.42 Å². The lowest BCUT2D eigenvalue weighted by atomic mass is 10.1. The van der Waals surface area contributed by atoms with E-state index in [2.05, 4.69) is 0 Å². The van der Waals surface area contributed by atoms with Gasteiger partial charge in [-0.25, -0.2) is 4.79 Å². The first-order valence-corrected chi connectivity index (χ1v) is 9.07. The average molecular weight is 369 g/mol. The Morgan fingerprint density at radius 2 is 1.57 bits per heavy atom. The lowest BCUT2D eigenvalue weighted by Crippen LogP contribution is -2.33. The number of para-hydroxylation sites is 1. The molecule has 0 saturated carbocycles. The molecule has 0 atom stereocenters. The lowest BCUT2D eigenvalue weighted by molar-refractivity contribution is 0.0981. The normalized spacial score (nSPS) is 10.8. The maximum absolute atomic E-state index is 13.4. The van der Waals surface area contributed by atoms with Gasteiger partial charge in [0.2, 0.25) is 0 Å². The summed E-state index contributed by atoms with van der Waals surface area (Å²) >= 11 is 0. The van der Waals surface area contributed by atoms with E-state index in [-0.39, 0.29) is 11.5 Å². The van der Waals surface area contributed by atoms with E-state index in [0.29, 0.717) is 17.5 Å². The van der Waals surface area contributed by atoms with E-state index in [0.717, 1.165) is 16.8 Å². The van der Waals surface area contributed by atoms with Crippen molar-refractivity contribution in [1.29, 1.82) is 0 Å². The summed E-state index contributed by atoms with van der Waals surface area (Å²) in [5, 5.41) is 0.717. The zero-order chi connectivity index (χ0) is 19.5. The molecule has 4 aromatic rings. The minimum absolute atomic E-state index is 0.0233. The second-order valence-corrected chi connectivity index (χ2v) is 6.70. The van der Waals surface area contributed by atoms with Crippen molar-refractivity contribution < 1.29 is 9.21 Å². The minimum Gasteiger partial charge on any atom is -0.422 e. The SMILES string of the molecule is Cc1ccc(N(Cc2ccccc2)C(=O)c2cc3ccccc3oc2=O)cc1. The first-order chi connectivity index (χ1) is 13.6. The predicted molar refractivity (Wildman–Crippen MR) is 111 cm³/mol. The van der Waals surface area contributed by atoms with Crippen LogP contribution in [0.2, 0.25) is 0 Å². The molecule has 1 heterocycles. The number of hydrogen-bond donors (Lipinski definition) is 0. The number of benzene rings is 3. The Labute approximate surface area is 162 Å². The molecule has 4 nitrogen and oxygen atoms in total. The first-order valence-electron chi connectivity index (χ1n) is 9.07. The Morgan fingerprint density at radius 3 is 2.32 bits per heavy atom. The van der Waals surface area contributed by atoms with Crippen molar-refractivity contribution in [3.05, 3.63) is 112 Å².